The Morgan fingerprint density at radius 2 is 1.11 bits per heavy atom. The van der Waals surface area contributed by atoms with Gasteiger partial charge in [0.2, 0.25) is 23.6 Å². The molecule has 2 unspecified atom stereocenters. The van der Waals surface area contributed by atoms with Gasteiger partial charge in [0.1, 0.15) is 0 Å². The van der Waals surface area contributed by atoms with Crippen molar-refractivity contribution in [3.05, 3.63) is 48.5 Å². The van der Waals surface area contributed by atoms with Gasteiger partial charge in [0, 0.05) is 37.8 Å². The molecule has 8 heteroatoms. The minimum Gasteiger partial charge on any atom is -0.324 e. The molecule has 2 atom stereocenters. The van der Waals surface area contributed by atoms with Crippen molar-refractivity contribution in [1.29, 1.82) is 0 Å². The fourth-order valence-electron chi connectivity index (χ4n) is 5.57. The highest BCUT2D eigenvalue weighted by Crippen LogP contribution is 2.35. The molecule has 0 aromatic heterocycles. The third kappa shape index (κ3) is 4.98. The Morgan fingerprint density at radius 3 is 1.53 bits per heavy atom. The predicted molar refractivity (Wildman–Crippen MR) is 139 cm³/mol. The lowest BCUT2D eigenvalue weighted by atomic mass is 9.80. The molecule has 188 valence electrons. The van der Waals surface area contributed by atoms with Crippen LogP contribution in [0.5, 0.6) is 0 Å². The molecule has 36 heavy (non-hydrogen) atoms. The van der Waals surface area contributed by atoms with Crippen LogP contribution in [0, 0.1) is 11.8 Å². The van der Waals surface area contributed by atoms with Gasteiger partial charge in [-0.2, -0.15) is 0 Å². The maximum atomic E-state index is 13.2. The molecule has 0 bridgehead atoms. The van der Waals surface area contributed by atoms with E-state index in [1.807, 2.05) is 48.5 Å². The van der Waals surface area contributed by atoms with Crippen molar-refractivity contribution < 1.29 is 19.2 Å². The second kappa shape index (κ2) is 10.5. The smallest absolute Gasteiger partial charge is 0.227 e. The lowest BCUT2D eigenvalue weighted by Crippen LogP contribution is -2.34. The highest BCUT2D eigenvalue weighted by atomic mass is 16.2. The van der Waals surface area contributed by atoms with Crippen molar-refractivity contribution in [3.8, 4) is 0 Å². The molecule has 2 aliphatic heterocycles. The number of nitrogens with zero attached hydrogens (tertiary/aromatic N) is 2. The molecule has 4 amide bonds. The molecule has 1 aliphatic carbocycles. The number of amides is 4. The van der Waals surface area contributed by atoms with E-state index in [1.54, 1.807) is 9.80 Å². The van der Waals surface area contributed by atoms with E-state index in [-0.39, 0.29) is 35.5 Å². The van der Waals surface area contributed by atoms with Crippen LogP contribution in [0.15, 0.2) is 48.5 Å². The summed E-state index contributed by atoms with van der Waals surface area (Å²) < 4.78 is 0. The largest absolute Gasteiger partial charge is 0.324 e. The first kappa shape index (κ1) is 24.0. The summed E-state index contributed by atoms with van der Waals surface area (Å²) in [5.74, 6) is -0.659. The van der Waals surface area contributed by atoms with Crippen LogP contribution >= 0.6 is 0 Å². The van der Waals surface area contributed by atoms with Crippen molar-refractivity contribution >= 4 is 46.4 Å². The van der Waals surface area contributed by atoms with Crippen LogP contribution in [-0.4, -0.2) is 36.7 Å². The summed E-state index contributed by atoms with van der Waals surface area (Å²) in [6.07, 6.45) is 5.37. The maximum absolute atomic E-state index is 13.2. The average molecular weight is 489 g/mol. The molecular weight excluding hydrogens is 456 g/mol. The summed E-state index contributed by atoms with van der Waals surface area (Å²) in [7, 11) is 0. The molecular formula is C28H32N4O4. The zero-order valence-electron chi connectivity index (χ0n) is 20.4. The molecule has 2 heterocycles. The van der Waals surface area contributed by atoms with Crippen LogP contribution in [0.1, 0.15) is 51.4 Å². The van der Waals surface area contributed by atoms with Crippen molar-refractivity contribution in [2.24, 2.45) is 11.8 Å². The Balaban J connectivity index is 1.24. The fourth-order valence-corrected chi connectivity index (χ4v) is 5.57. The number of nitrogens with one attached hydrogen (secondary N) is 2. The molecule has 2 aromatic carbocycles. The van der Waals surface area contributed by atoms with Gasteiger partial charge in [0.05, 0.1) is 22.7 Å². The third-order valence-electron chi connectivity index (χ3n) is 7.47. The number of hydrogen-bond donors (Lipinski definition) is 2. The highest BCUT2D eigenvalue weighted by Gasteiger charge is 2.33. The van der Waals surface area contributed by atoms with E-state index in [9.17, 15) is 19.2 Å². The van der Waals surface area contributed by atoms with Crippen LogP contribution < -0.4 is 20.4 Å². The first-order chi connectivity index (χ1) is 17.5. The third-order valence-corrected chi connectivity index (χ3v) is 7.47. The molecule has 8 nitrogen and oxygen atoms in total. The van der Waals surface area contributed by atoms with Crippen LogP contribution in [0.25, 0.3) is 0 Å². The normalized spacial score (nSPS) is 22.1. The van der Waals surface area contributed by atoms with Crippen LogP contribution in [0.3, 0.4) is 0 Å². The number of para-hydroxylation sites is 4. The Hall–Kier alpha value is -3.68. The number of rotatable bonds is 6. The SMILES string of the molecule is O=C(Nc1ccccc1N1CCCC1=O)C1CCCC(C(=O)Nc2ccccc2N2CCCC2=O)C1. The molecule has 2 saturated heterocycles. The van der Waals surface area contributed by atoms with Gasteiger partial charge in [-0.15, -0.1) is 0 Å². The van der Waals surface area contributed by atoms with Gasteiger partial charge in [-0.3, -0.25) is 19.2 Å². The lowest BCUT2D eigenvalue weighted by Gasteiger charge is -2.29. The number of carbonyl (C=O) groups is 4. The average Bonchev–Trinajstić information content (AvgIpc) is 3.52. The molecule has 3 aliphatic rings. The molecule has 1 saturated carbocycles. The first-order valence-electron chi connectivity index (χ1n) is 12.9. The van der Waals surface area contributed by atoms with Crippen LogP contribution in [-0.2, 0) is 19.2 Å². The highest BCUT2D eigenvalue weighted by molar-refractivity contribution is 6.04. The molecule has 2 aromatic rings. The molecule has 3 fully saturated rings. The standard InChI is InChI=1S/C28H32N4O4/c33-25-14-6-16-31(25)23-12-3-1-10-21(23)29-27(35)19-8-5-9-20(18-19)28(36)30-22-11-2-4-13-24(22)32-17-7-15-26(32)34/h1-4,10-13,19-20H,5-9,14-18H2,(H,29,35)(H,30,36). The summed E-state index contributed by atoms with van der Waals surface area (Å²) >= 11 is 0. The van der Waals surface area contributed by atoms with Gasteiger partial charge in [-0.25, -0.2) is 0 Å². The van der Waals surface area contributed by atoms with Gasteiger partial charge in [-0.1, -0.05) is 30.7 Å². The van der Waals surface area contributed by atoms with Gasteiger partial charge in [0.15, 0.2) is 0 Å². The van der Waals surface area contributed by atoms with Crippen LogP contribution in [0.2, 0.25) is 0 Å². The molecule has 0 spiro atoms. The van der Waals surface area contributed by atoms with E-state index in [0.717, 1.165) is 43.5 Å². The van der Waals surface area contributed by atoms with E-state index in [4.69, 9.17) is 0 Å². The summed E-state index contributed by atoms with van der Waals surface area (Å²) in [5, 5.41) is 6.06. The van der Waals surface area contributed by atoms with Gasteiger partial charge >= 0.3 is 0 Å². The first-order valence-corrected chi connectivity index (χ1v) is 12.9. The fraction of sp³-hybridized carbons (Fsp3) is 0.429. The van der Waals surface area contributed by atoms with E-state index in [0.29, 0.717) is 43.7 Å². The van der Waals surface area contributed by atoms with Crippen molar-refractivity contribution in [2.75, 3.05) is 33.5 Å². The van der Waals surface area contributed by atoms with Gasteiger partial charge < -0.3 is 20.4 Å². The second-order valence-electron chi connectivity index (χ2n) is 9.87. The quantitative estimate of drug-likeness (QED) is 0.633. The van der Waals surface area contributed by atoms with E-state index < -0.39 is 0 Å². The lowest BCUT2D eigenvalue weighted by molar-refractivity contribution is -0.125. The van der Waals surface area contributed by atoms with E-state index in [1.165, 1.54) is 0 Å². The van der Waals surface area contributed by atoms with Gasteiger partial charge in [0.25, 0.3) is 0 Å². The minimum atomic E-state index is -0.285. The monoisotopic (exact) mass is 488 g/mol. The topological polar surface area (TPSA) is 98.8 Å². The van der Waals surface area contributed by atoms with Gasteiger partial charge in [-0.05, 0) is 56.4 Å². The van der Waals surface area contributed by atoms with Crippen molar-refractivity contribution in [3.63, 3.8) is 0 Å². The van der Waals surface area contributed by atoms with E-state index in [2.05, 4.69) is 10.6 Å². The Bertz CT molecular complexity index is 1090. The predicted octanol–water partition coefficient (Wildman–Crippen LogP) is 4.32. The molecule has 5 rings (SSSR count). The number of hydrogen-bond acceptors (Lipinski definition) is 4. The number of benzene rings is 2. The zero-order valence-corrected chi connectivity index (χ0v) is 20.4. The summed E-state index contributed by atoms with van der Waals surface area (Å²) in [6.45, 7) is 1.31. The van der Waals surface area contributed by atoms with E-state index >= 15 is 0 Å². The summed E-state index contributed by atoms with van der Waals surface area (Å²) in [5.41, 5.74) is 2.72. The Labute approximate surface area is 211 Å². The summed E-state index contributed by atoms with van der Waals surface area (Å²) in [4.78, 5) is 54.4. The van der Waals surface area contributed by atoms with Crippen molar-refractivity contribution in [2.45, 2.75) is 51.4 Å². The second-order valence-corrected chi connectivity index (χ2v) is 9.87. The van der Waals surface area contributed by atoms with Crippen LogP contribution in [0.4, 0.5) is 22.7 Å². The molecule has 0 radical (unpaired) electrons. The summed E-state index contributed by atoms with van der Waals surface area (Å²) in [6, 6.07) is 14.8. The van der Waals surface area contributed by atoms with Crippen molar-refractivity contribution in [1.82, 2.24) is 0 Å². The minimum absolute atomic E-state index is 0.0713. The zero-order chi connectivity index (χ0) is 25.1. The Kier molecular flexibility index (Phi) is 7.02. The molecule has 2 N–H and O–H groups in total. The number of anilines is 4. The number of carbonyl (C=O) groups excluding carboxylic acids is 4. The Morgan fingerprint density at radius 1 is 0.667 bits per heavy atom. The maximum Gasteiger partial charge on any atom is 0.227 e.